The third kappa shape index (κ3) is 7.18. The van der Waals surface area contributed by atoms with Crippen molar-refractivity contribution < 1.29 is 0 Å². The minimum atomic E-state index is 0.548. The summed E-state index contributed by atoms with van der Waals surface area (Å²) in [6, 6.07) is 1.10. The van der Waals surface area contributed by atoms with Gasteiger partial charge in [-0.05, 0) is 48.5 Å². The molecule has 0 aliphatic rings. The van der Waals surface area contributed by atoms with E-state index in [1.807, 2.05) is 0 Å². The van der Waals surface area contributed by atoms with Crippen molar-refractivity contribution in [3.05, 3.63) is 15.6 Å². The number of nitrogens with zero attached hydrogens (tertiary/aromatic N) is 3. The summed E-state index contributed by atoms with van der Waals surface area (Å²) in [6.07, 6.45) is 0.938. The molecule has 1 heterocycles. The van der Waals surface area contributed by atoms with Crippen LogP contribution in [0.5, 0.6) is 0 Å². The van der Waals surface area contributed by atoms with Crippen LogP contribution in [-0.2, 0) is 6.42 Å². The van der Waals surface area contributed by atoms with Crippen LogP contribution in [0.25, 0.3) is 0 Å². The quantitative estimate of drug-likeness (QED) is 0.529. The third-order valence-electron chi connectivity index (χ3n) is 4.00. The van der Waals surface area contributed by atoms with Crippen LogP contribution in [0.2, 0.25) is 0 Å². The van der Waals surface area contributed by atoms with Gasteiger partial charge in [-0.3, -0.25) is 9.89 Å². The van der Waals surface area contributed by atoms with Crippen molar-refractivity contribution in [2.24, 2.45) is 4.99 Å². The molecule has 0 bridgehead atoms. The van der Waals surface area contributed by atoms with Gasteiger partial charge in [-0.2, -0.15) is 0 Å². The lowest BCUT2D eigenvalue weighted by molar-refractivity contribution is 0.181. The first-order chi connectivity index (χ1) is 11.3. The molecule has 0 saturated heterocycles. The average molecular weight is 354 g/mol. The summed E-state index contributed by atoms with van der Waals surface area (Å²) in [5.74, 6) is 0.898. The Kier molecular flexibility index (Phi) is 9.29. The van der Waals surface area contributed by atoms with Crippen LogP contribution in [0.1, 0.15) is 50.2 Å². The fraction of sp³-hybridized carbons (Fsp3) is 0.778. The minimum Gasteiger partial charge on any atom is -0.357 e. The van der Waals surface area contributed by atoms with Gasteiger partial charge in [-0.25, -0.2) is 4.98 Å². The van der Waals surface area contributed by atoms with E-state index in [-0.39, 0.29) is 0 Å². The second-order valence-corrected chi connectivity index (χ2v) is 7.90. The fourth-order valence-electron chi connectivity index (χ4n) is 2.67. The first-order valence-corrected chi connectivity index (χ1v) is 9.87. The predicted molar refractivity (Wildman–Crippen MR) is 106 cm³/mol. The summed E-state index contributed by atoms with van der Waals surface area (Å²) in [7, 11) is 0. The van der Waals surface area contributed by atoms with Gasteiger partial charge in [0.2, 0.25) is 0 Å². The van der Waals surface area contributed by atoms with Crippen LogP contribution < -0.4 is 10.6 Å². The zero-order chi connectivity index (χ0) is 18.1. The normalized spacial score (nSPS) is 12.5. The van der Waals surface area contributed by atoms with Gasteiger partial charge in [0.05, 0.1) is 17.2 Å². The highest BCUT2D eigenvalue weighted by molar-refractivity contribution is 7.11. The maximum absolute atomic E-state index is 4.71. The Hall–Kier alpha value is -1.14. The highest BCUT2D eigenvalue weighted by Crippen LogP contribution is 2.16. The van der Waals surface area contributed by atoms with Crippen LogP contribution in [0.3, 0.4) is 0 Å². The standard InChI is InChI=1S/C18H35N5S/c1-8-19-18(21-11-12-23(13(2)3)14(4)5)20-10-9-17-22-15(6)16(7)24-17/h13-14H,8-12H2,1-7H3,(H2,19,20,21). The van der Waals surface area contributed by atoms with Gasteiger partial charge in [-0.1, -0.05) is 0 Å². The molecule has 1 aromatic heterocycles. The number of thiazole rings is 1. The van der Waals surface area contributed by atoms with E-state index in [1.54, 1.807) is 11.3 Å². The van der Waals surface area contributed by atoms with Crippen molar-refractivity contribution in [3.63, 3.8) is 0 Å². The lowest BCUT2D eigenvalue weighted by atomic mass is 10.2. The molecule has 0 radical (unpaired) electrons. The number of aromatic nitrogens is 1. The molecule has 5 nitrogen and oxygen atoms in total. The van der Waals surface area contributed by atoms with Crippen molar-refractivity contribution in [2.45, 2.75) is 67.0 Å². The lowest BCUT2D eigenvalue weighted by Crippen LogP contribution is -2.41. The Balaban J connectivity index is 2.47. The first kappa shape index (κ1) is 20.9. The maximum Gasteiger partial charge on any atom is 0.191 e. The van der Waals surface area contributed by atoms with E-state index in [9.17, 15) is 0 Å². The number of nitrogens with one attached hydrogen (secondary N) is 2. The summed E-state index contributed by atoms with van der Waals surface area (Å²) in [5, 5.41) is 7.93. The monoisotopic (exact) mass is 353 g/mol. The summed E-state index contributed by atoms with van der Waals surface area (Å²) in [4.78, 5) is 13.1. The SMILES string of the molecule is CCNC(=NCCN(C(C)C)C(C)C)NCCc1nc(C)c(C)s1. The van der Waals surface area contributed by atoms with Crippen molar-refractivity contribution in [1.82, 2.24) is 20.5 Å². The molecule has 0 atom stereocenters. The molecule has 1 rings (SSSR count). The molecule has 138 valence electrons. The van der Waals surface area contributed by atoms with Gasteiger partial charge in [0.15, 0.2) is 5.96 Å². The highest BCUT2D eigenvalue weighted by Gasteiger charge is 2.12. The van der Waals surface area contributed by atoms with E-state index in [0.29, 0.717) is 12.1 Å². The molecule has 24 heavy (non-hydrogen) atoms. The van der Waals surface area contributed by atoms with Gasteiger partial charge in [-0.15, -0.1) is 11.3 Å². The van der Waals surface area contributed by atoms with Crippen molar-refractivity contribution >= 4 is 17.3 Å². The second kappa shape index (κ2) is 10.7. The fourth-order valence-corrected chi connectivity index (χ4v) is 3.60. The summed E-state index contributed by atoms with van der Waals surface area (Å²) >= 11 is 1.79. The number of aliphatic imine (C=N–C) groups is 1. The Labute approximate surface area is 152 Å². The van der Waals surface area contributed by atoms with E-state index in [0.717, 1.165) is 44.3 Å². The molecule has 0 saturated carbocycles. The Morgan fingerprint density at radius 3 is 2.33 bits per heavy atom. The summed E-state index contributed by atoms with van der Waals surface area (Å²) in [6.45, 7) is 18.8. The van der Waals surface area contributed by atoms with Gasteiger partial charge in [0.1, 0.15) is 0 Å². The lowest BCUT2D eigenvalue weighted by Gasteiger charge is -2.29. The van der Waals surface area contributed by atoms with E-state index >= 15 is 0 Å². The van der Waals surface area contributed by atoms with Crippen molar-refractivity contribution in [2.75, 3.05) is 26.2 Å². The largest absolute Gasteiger partial charge is 0.357 e. The molecule has 1 aromatic rings. The van der Waals surface area contributed by atoms with Crippen LogP contribution in [0.4, 0.5) is 0 Å². The molecule has 0 spiro atoms. The second-order valence-electron chi connectivity index (χ2n) is 6.61. The van der Waals surface area contributed by atoms with Crippen LogP contribution in [-0.4, -0.2) is 54.1 Å². The van der Waals surface area contributed by atoms with E-state index in [4.69, 9.17) is 4.99 Å². The Morgan fingerprint density at radius 1 is 1.17 bits per heavy atom. The Bertz CT molecular complexity index is 480. The summed E-state index contributed by atoms with van der Waals surface area (Å²) < 4.78 is 0. The molecule has 0 unspecified atom stereocenters. The van der Waals surface area contributed by atoms with Gasteiger partial charge in [0, 0.05) is 43.0 Å². The van der Waals surface area contributed by atoms with Gasteiger partial charge < -0.3 is 10.6 Å². The zero-order valence-corrected chi connectivity index (χ0v) is 17.3. The molecule has 0 amide bonds. The highest BCUT2D eigenvalue weighted by atomic mass is 32.1. The first-order valence-electron chi connectivity index (χ1n) is 9.06. The zero-order valence-electron chi connectivity index (χ0n) is 16.4. The van der Waals surface area contributed by atoms with E-state index in [2.05, 4.69) is 69.0 Å². The van der Waals surface area contributed by atoms with Gasteiger partial charge in [0.25, 0.3) is 0 Å². The molecule has 0 aliphatic heterocycles. The number of hydrogen-bond donors (Lipinski definition) is 2. The Morgan fingerprint density at radius 2 is 1.83 bits per heavy atom. The maximum atomic E-state index is 4.71. The number of aryl methyl sites for hydroxylation is 2. The van der Waals surface area contributed by atoms with Crippen LogP contribution >= 0.6 is 11.3 Å². The average Bonchev–Trinajstić information content (AvgIpc) is 2.81. The number of guanidine groups is 1. The van der Waals surface area contributed by atoms with E-state index in [1.165, 1.54) is 9.88 Å². The number of hydrogen-bond acceptors (Lipinski definition) is 4. The molecular formula is C18H35N5S. The molecule has 0 aliphatic carbocycles. The number of rotatable bonds is 9. The molecule has 6 heteroatoms. The molecule has 0 aromatic carbocycles. The topological polar surface area (TPSA) is 52.6 Å². The van der Waals surface area contributed by atoms with Crippen molar-refractivity contribution in [3.8, 4) is 0 Å². The van der Waals surface area contributed by atoms with Crippen LogP contribution in [0.15, 0.2) is 4.99 Å². The van der Waals surface area contributed by atoms with E-state index < -0.39 is 0 Å². The molecule has 0 fully saturated rings. The smallest absolute Gasteiger partial charge is 0.191 e. The van der Waals surface area contributed by atoms with Gasteiger partial charge >= 0.3 is 0 Å². The van der Waals surface area contributed by atoms with Crippen molar-refractivity contribution in [1.29, 1.82) is 0 Å². The third-order valence-corrected chi connectivity index (χ3v) is 5.14. The van der Waals surface area contributed by atoms with Crippen LogP contribution in [0, 0.1) is 13.8 Å². The minimum absolute atomic E-state index is 0.548. The predicted octanol–water partition coefficient (Wildman–Crippen LogP) is 2.98. The molecular weight excluding hydrogens is 318 g/mol. The molecule has 2 N–H and O–H groups in total. The summed E-state index contributed by atoms with van der Waals surface area (Å²) in [5.41, 5.74) is 1.15.